The van der Waals surface area contributed by atoms with Gasteiger partial charge in [0.1, 0.15) is 0 Å². The Balaban J connectivity index is 1.57. The van der Waals surface area contributed by atoms with Gasteiger partial charge in [-0.2, -0.15) is 0 Å². The number of ether oxygens (including phenoxy) is 1. The second-order valence-electron chi connectivity index (χ2n) is 6.04. The molecular weight excluding hydrogens is 212 g/mol. The molecule has 3 heteroatoms. The Labute approximate surface area is 106 Å². The Hall–Kier alpha value is -0.120. The minimum absolute atomic E-state index is 0.625. The lowest BCUT2D eigenvalue weighted by Crippen LogP contribution is -2.31. The molecule has 2 aliphatic heterocycles. The van der Waals surface area contributed by atoms with Crippen LogP contribution in [0, 0.1) is 11.8 Å². The topological polar surface area (TPSA) is 24.5 Å². The van der Waals surface area contributed by atoms with E-state index >= 15 is 0 Å². The molecule has 2 fully saturated rings. The lowest BCUT2D eigenvalue weighted by molar-refractivity contribution is 0.180. The van der Waals surface area contributed by atoms with Crippen LogP contribution in [0.2, 0.25) is 0 Å². The third kappa shape index (κ3) is 4.57. The molecule has 2 atom stereocenters. The summed E-state index contributed by atoms with van der Waals surface area (Å²) in [6.07, 6.45) is 4.00. The van der Waals surface area contributed by atoms with E-state index in [0.29, 0.717) is 6.04 Å². The highest BCUT2D eigenvalue weighted by Crippen LogP contribution is 2.20. The summed E-state index contributed by atoms with van der Waals surface area (Å²) in [6, 6.07) is 0.625. The zero-order valence-electron chi connectivity index (χ0n) is 11.5. The van der Waals surface area contributed by atoms with Crippen LogP contribution in [0.1, 0.15) is 33.1 Å². The van der Waals surface area contributed by atoms with E-state index in [1.165, 1.54) is 45.4 Å². The van der Waals surface area contributed by atoms with Gasteiger partial charge in [0.2, 0.25) is 0 Å². The molecule has 100 valence electrons. The van der Waals surface area contributed by atoms with Crippen LogP contribution in [0.4, 0.5) is 0 Å². The van der Waals surface area contributed by atoms with Crippen LogP contribution >= 0.6 is 0 Å². The van der Waals surface area contributed by atoms with Gasteiger partial charge < -0.3 is 15.0 Å². The van der Waals surface area contributed by atoms with E-state index in [4.69, 9.17) is 4.74 Å². The fourth-order valence-electron chi connectivity index (χ4n) is 2.86. The fraction of sp³-hybridized carbons (Fsp3) is 1.00. The molecule has 0 aromatic carbocycles. The third-order valence-corrected chi connectivity index (χ3v) is 4.06. The van der Waals surface area contributed by atoms with Crippen molar-refractivity contribution in [1.29, 1.82) is 0 Å². The predicted molar refractivity (Wildman–Crippen MR) is 71.2 cm³/mol. The Kier molecular flexibility index (Phi) is 5.26. The van der Waals surface area contributed by atoms with Crippen molar-refractivity contribution in [2.24, 2.45) is 11.8 Å². The lowest BCUT2D eigenvalue weighted by Gasteiger charge is -2.18. The van der Waals surface area contributed by atoms with E-state index < -0.39 is 0 Å². The van der Waals surface area contributed by atoms with E-state index in [1.54, 1.807) is 0 Å². The average Bonchev–Trinajstić information content (AvgIpc) is 2.95. The van der Waals surface area contributed by atoms with Crippen molar-refractivity contribution in [1.82, 2.24) is 10.2 Å². The van der Waals surface area contributed by atoms with Crippen LogP contribution < -0.4 is 5.32 Å². The van der Waals surface area contributed by atoms with E-state index in [0.717, 1.165) is 25.0 Å². The summed E-state index contributed by atoms with van der Waals surface area (Å²) in [7, 11) is 0. The number of nitrogens with one attached hydrogen (secondary N) is 1. The van der Waals surface area contributed by atoms with Gasteiger partial charge in [-0.05, 0) is 50.7 Å². The lowest BCUT2D eigenvalue weighted by atomic mass is 10.1. The maximum Gasteiger partial charge on any atom is 0.0495 e. The molecule has 3 nitrogen and oxygen atoms in total. The number of rotatable bonds is 6. The number of hydrogen-bond donors (Lipinski definition) is 1. The molecule has 17 heavy (non-hydrogen) atoms. The quantitative estimate of drug-likeness (QED) is 0.765. The number of hydrogen-bond acceptors (Lipinski definition) is 3. The van der Waals surface area contributed by atoms with E-state index in [1.807, 2.05) is 0 Å². The molecule has 2 saturated heterocycles. The van der Waals surface area contributed by atoms with Gasteiger partial charge >= 0.3 is 0 Å². The predicted octanol–water partition coefficient (Wildman–Crippen LogP) is 1.73. The summed E-state index contributed by atoms with van der Waals surface area (Å²) in [4.78, 5) is 2.64. The van der Waals surface area contributed by atoms with E-state index in [9.17, 15) is 0 Å². The largest absolute Gasteiger partial charge is 0.381 e. The number of nitrogens with zero attached hydrogens (tertiary/aromatic N) is 1. The van der Waals surface area contributed by atoms with Crippen LogP contribution in [0.15, 0.2) is 0 Å². The van der Waals surface area contributed by atoms with Crippen molar-refractivity contribution in [3.05, 3.63) is 0 Å². The molecule has 0 saturated carbocycles. The molecule has 0 aliphatic carbocycles. The summed E-state index contributed by atoms with van der Waals surface area (Å²) < 4.78 is 5.43. The molecule has 2 unspecified atom stereocenters. The average molecular weight is 240 g/mol. The summed E-state index contributed by atoms with van der Waals surface area (Å²) in [5.41, 5.74) is 0. The van der Waals surface area contributed by atoms with Crippen molar-refractivity contribution in [3.8, 4) is 0 Å². The minimum Gasteiger partial charge on any atom is -0.381 e. The van der Waals surface area contributed by atoms with E-state index in [2.05, 4.69) is 24.1 Å². The molecule has 0 spiro atoms. The van der Waals surface area contributed by atoms with Gasteiger partial charge in [-0.3, -0.25) is 0 Å². The van der Waals surface area contributed by atoms with Gasteiger partial charge in [0, 0.05) is 25.8 Å². The monoisotopic (exact) mass is 240 g/mol. The smallest absolute Gasteiger partial charge is 0.0495 e. The van der Waals surface area contributed by atoms with Gasteiger partial charge in [0.15, 0.2) is 0 Å². The second-order valence-corrected chi connectivity index (χ2v) is 6.04. The zero-order valence-corrected chi connectivity index (χ0v) is 11.5. The first-order valence-electron chi connectivity index (χ1n) is 7.27. The van der Waals surface area contributed by atoms with Gasteiger partial charge in [-0.15, -0.1) is 0 Å². The Morgan fingerprint density at radius 2 is 2.18 bits per heavy atom. The second kappa shape index (κ2) is 6.72. The van der Waals surface area contributed by atoms with E-state index in [-0.39, 0.29) is 0 Å². The van der Waals surface area contributed by atoms with Crippen LogP contribution in [0.5, 0.6) is 0 Å². The molecule has 2 heterocycles. The standard InChI is InChI=1S/C14H28N2O/c1-12(2)15-9-14-4-7-16(10-14)6-3-13-5-8-17-11-13/h12-15H,3-11H2,1-2H3. The maximum absolute atomic E-state index is 5.43. The van der Waals surface area contributed by atoms with Crippen molar-refractivity contribution in [2.45, 2.75) is 39.2 Å². The summed E-state index contributed by atoms with van der Waals surface area (Å²) in [5.74, 6) is 1.71. The summed E-state index contributed by atoms with van der Waals surface area (Å²) >= 11 is 0. The maximum atomic E-state index is 5.43. The summed E-state index contributed by atoms with van der Waals surface area (Å²) in [6.45, 7) is 11.5. The molecule has 2 aliphatic rings. The molecule has 0 aromatic heterocycles. The summed E-state index contributed by atoms with van der Waals surface area (Å²) in [5, 5.41) is 3.56. The number of likely N-dealkylation sites (tertiary alicyclic amines) is 1. The molecule has 0 radical (unpaired) electrons. The zero-order chi connectivity index (χ0) is 12.1. The highest BCUT2D eigenvalue weighted by molar-refractivity contribution is 4.78. The van der Waals surface area contributed by atoms with Gasteiger partial charge in [-0.1, -0.05) is 13.8 Å². The van der Waals surface area contributed by atoms with Crippen molar-refractivity contribution < 1.29 is 4.74 Å². The fourth-order valence-corrected chi connectivity index (χ4v) is 2.86. The first kappa shape index (κ1) is 13.3. The van der Waals surface area contributed by atoms with Gasteiger partial charge in [-0.25, -0.2) is 0 Å². The van der Waals surface area contributed by atoms with Crippen LogP contribution in [0.3, 0.4) is 0 Å². The van der Waals surface area contributed by atoms with Crippen LogP contribution in [-0.4, -0.2) is 50.3 Å². The first-order chi connectivity index (χ1) is 8.24. The molecule has 0 amide bonds. The molecule has 1 N–H and O–H groups in total. The van der Waals surface area contributed by atoms with Gasteiger partial charge in [0.25, 0.3) is 0 Å². The van der Waals surface area contributed by atoms with Crippen LogP contribution in [-0.2, 0) is 4.74 Å². The highest BCUT2D eigenvalue weighted by atomic mass is 16.5. The first-order valence-corrected chi connectivity index (χ1v) is 7.27. The molecule has 2 rings (SSSR count). The van der Waals surface area contributed by atoms with Crippen LogP contribution in [0.25, 0.3) is 0 Å². The SMILES string of the molecule is CC(C)NCC1CCN(CCC2CCOC2)C1. The molecule has 0 bridgehead atoms. The molecule has 0 aromatic rings. The minimum atomic E-state index is 0.625. The highest BCUT2D eigenvalue weighted by Gasteiger charge is 2.23. The third-order valence-electron chi connectivity index (χ3n) is 4.06. The Morgan fingerprint density at radius 3 is 2.88 bits per heavy atom. The molecular formula is C14H28N2O. The Bertz CT molecular complexity index is 214. The van der Waals surface area contributed by atoms with Gasteiger partial charge in [0.05, 0.1) is 0 Å². The van der Waals surface area contributed by atoms with Crippen molar-refractivity contribution >= 4 is 0 Å². The van der Waals surface area contributed by atoms with Crippen molar-refractivity contribution in [3.63, 3.8) is 0 Å². The van der Waals surface area contributed by atoms with Crippen molar-refractivity contribution in [2.75, 3.05) is 39.4 Å². The normalized spacial score (nSPS) is 30.5. The Morgan fingerprint density at radius 1 is 1.29 bits per heavy atom.